The largest absolute Gasteiger partial charge is 0.368 e. The number of sulfone groups is 1. The summed E-state index contributed by atoms with van der Waals surface area (Å²) < 4.78 is 24.1. The van der Waals surface area contributed by atoms with Gasteiger partial charge in [0.15, 0.2) is 9.84 Å². The number of anilines is 1. The third-order valence-corrected chi connectivity index (χ3v) is 4.63. The van der Waals surface area contributed by atoms with E-state index in [0.717, 1.165) is 37.4 Å². The Morgan fingerprint density at radius 2 is 1.84 bits per heavy atom. The van der Waals surface area contributed by atoms with Gasteiger partial charge in [-0.2, -0.15) is 0 Å². The van der Waals surface area contributed by atoms with Gasteiger partial charge in [0.05, 0.1) is 10.6 Å². The molecule has 1 aliphatic heterocycles. The van der Waals surface area contributed by atoms with E-state index in [4.69, 9.17) is 0 Å². The fourth-order valence-electron chi connectivity index (χ4n) is 2.35. The molecule has 1 saturated heterocycles. The Morgan fingerprint density at radius 3 is 2.37 bits per heavy atom. The maximum Gasteiger partial charge on any atom is 0.177 e. The third-order valence-electron chi connectivity index (χ3n) is 3.51. The van der Waals surface area contributed by atoms with Gasteiger partial charge in [-0.3, -0.25) is 0 Å². The molecule has 0 atom stereocenters. The van der Waals surface area contributed by atoms with Gasteiger partial charge in [-0.05, 0) is 23.6 Å². The van der Waals surface area contributed by atoms with Crippen molar-refractivity contribution in [1.82, 2.24) is 5.32 Å². The summed E-state index contributed by atoms with van der Waals surface area (Å²) in [5.74, 6) is 0.331. The van der Waals surface area contributed by atoms with Crippen LogP contribution in [0.1, 0.15) is 25.3 Å². The molecule has 2 rings (SSSR count). The molecule has 19 heavy (non-hydrogen) atoms. The van der Waals surface area contributed by atoms with E-state index in [1.807, 2.05) is 18.2 Å². The number of benzene rings is 1. The SMILES string of the molecule is CC(C)c1ccc(N2CCNCC2)c(S(C)(=O)=O)c1. The van der Waals surface area contributed by atoms with Gasteiger partial charge >= 0.3 is 0 Å². The molecule has 0 spiro atoms. The van der Waals surface area contributed by atoms with Crippen LogP contribution in [-0.4, -0.2) is 40.9 Å². The number of piperazine rings is 1. The minimum atomic E-state index is -3.20. The molecule has 0 bridgehead atoms. The topological polar surface area (TPSA) is 49.4 Å². The van der Waals surface area contributed by atoms with E-state index in [-0.39, 0.29) is 0 Å². The summed E-state index contributed by atoms with van der Waals surface area (Å²) in [6.45, 7) is 7.65. The second kappa shape index (κ2) is 5.51. The van der Waals surface area contributed by atoms with Crippen LogP contribution in [0.3, 0.4) is 0 Å². The maximum absolute atomic E-state index is 12.0. The molecule has 1 heterocycles. The second-order valence-corrected chi connectivity index (χ2v) is 7.38. The second-order valence-electron chi connectivity index (χ2n) is 5.39. The van der Waals surface area contributed by atoms with Crippen LogP contribution >= 0.6 is 0 Å². The van der Waals surface area contributed by atoms with E-state index in [2.05, 4.69) is 24.1 Å². The zero-order valence-corrected chi connectivity index (χ0v) is 12.6. The highest BCUT2D eigenvalue weighted by Gasteiger charge is 2.20. The number of nitrogens with zero attached hydrogens (tertiary/aromatic N) is 1. The van der Waals surface area contributed by atoms with E-state index < -0.39 is 9.84 Å². The average Bonchev–Trinajstić information content (AvgIpc) is 2.38. The van der Waals surface area contributed by atoms with E-state index in [1.54, 1.807) is 0 Å². The summed E-state index contributed by atoms with van der Waals surface area (Å²) in [7, 11) is -3.20. The molecule has 0 saturated carbocycles. The van der Waals surface area contributed by atoms with Crippen molar-refractivity contribution in [2.45, 2.75) is 24.7 Å². The van der Waals surface area contributed by atoms with Crippen molar-refractivity contribution in [3.8, 4) is 0 Å². The van der Waals surface area contributed by atoms with Gasteiger partial charge < -0.3 is 10.2 Å². The highest BCUT2D eigenvalue weighted by atomic mass is 32.2. The lowest BCUT2D eigenvalue weighted by atomic mass is 10.0. The molecule has 1 aliphatic rings. The van der Waals surface area contributed by atoms with Gasteiger partial charge in [0.25, 0.3) is 0 Å². The Bertz CT molecular complexity index is 547. The van der Waals surface area contributed by atoms with Crippen LogP contribution in [0.15, 0.2) is 23.1 Å². The first-order chi connectivity index (χ1) is 8.89. The van der Waals surface area contributed by atoms with Crippen molar-refractivity contribution < 1.29 is 8.42 Å². The van der Waals surface area contributed by atoms with Crippen LogP contribution < -0.4 is 10.2 Å². The first kappa shape index (κ1) is 14.3. The summed E-state index contributed by atoms with van der Waals surface area (Å²) in [5.41, 5.74) is 1.91. The standard InChI is InChI=1S/C14H22N2O2S/c1-11(2)12-4-5-13(14(10-12)19(3,17)18)16-8-6-15-7-9-16/h4-5,10-11,15H,6-9H2,1-3H3. The van der Waals surface area contributed by atoms with Gasteiger partial charge in [0.1, 0.15) is 0 Å². The fraction of sp³-hybridized carbons (Fsp3) is 0.571. The van der Waals surface area contributed by atoms with Crippen molar-refractivity contribution in [3.05, 3.63) is 23.8 Å². The molecule has 0 aromatic heterocycles. The molecule has 1 fully saturated rings. The lowest BCUT2D eigenvalue weighted by Gasteiger charge is -2.31. The highest BCUT2D eigenvalue weighted by molar-refractivity contribution is 7.90. The molecule has 0 radical (unpaired) electrons. The van der Waals surface area contributed by atoms with Crippen molar-refractivity contribution in [1.29, 1.82) is 0 Å². The van der Waals surface area contributed by atoms with Gasteiger partial charge in [-0.1, -0.05) is 19.9 Å². The van der Waals surface area contributed by atoms with E-state index >= 15 is 0 Å². The molecule has 1 N–H and O–H groups in total. The summed E-state index contributed by atoms with van der Waals surface area (Å²) in [4.78, 5) is 2.61. The Kier molecular flexibility index (Phi) is 4.16. The molecule has 0 aliphatic carbocycles. The molecule has 5 heteroatoms. The van der Waals surface area contributed by atoms with E-state index in [1.165, 1.54) is 6.26 Å². The van der Waals surface area contributed by atoms with Crippen LogP contribution in [-0.2, 0) is 9.84 Å². The minimum absolute atomic E-state index is 0.331. The van der Waals surface area contributed by atoms with E-state index in [0.29, 0.717) is 10.8 Å². The van der Waals surface area contributed by atoms with Crippen molar-refractivity contribution in [2.24, 2.45) is 0 Å². The number of rotatable bonds is 3. The summed E-state index contributed by atoms with van der Waals surface area (Å²) >= 11 is 0. The van der Waals surface area contributed by atoms with Crippen molar-refractivity contribution >= 4 is 15.5 Å². The van der Waals surface area contributed by atoms with Gasteiger partial charge in [0, 0.05) is 32.4 Å². The van der Waals surface area contributed by atoms with Crippen LogP contribution in [0.4, 0.5) is 5.69 Å². The normalized spacial score (nSPS) is 16.9. The Labute approximate surface area is 115 Å². The molecular weight excluding hydrogens is 260 g/mol. The average molecular weight is 282 g/mol. The fourth-order valence-corrected chi connectivity index (χ4v) is 3.28. The first-order valence-corrected chi connectivity index (χ1v) is 8.58. The lowest BCUT2D eigenvalue weighted by Crippen LogP contribution is -2.44. The summed E-state index contributed by atoms with van der Waals surface area (Å²) in [5, 5.41) is 3.28. The van der Waals surface area contributed by atoms with Crippen LogP contribution in [0.25, 0.3) is 0 Å². The quantitative estimate of drug-likeness (QED) is 0.915. The first-order valence-electron chi connectivity index (χ1n) is 6.69. The maximum atomic E-state index is 12.0. The van der Waals surface area contributed by atoms with E-state index in [9.17, 15) is 8.42 Å². The number of hydrogen-bond acceptors (Lipinski definition) is 4. The monoisotopic (exact) mass is 282 g/mol. The molecule has 1 aromatic rings. The van der Waals surface area contributed by atoms with Gasteiger partial charge in [-0.15, -0.1) is 0 Å². The summed E-state index contributed by atoms with van der Waals surface area (Å²) in [6, 6.07) is 5.82. The minimum Gasteiger partial charge on any atom is -0.368 e. The van der Waals surface area contributed by atoms with Crippen molar-refractivity contribution in [3.63, 3.8) is 0 Å². The molecule has 0 unspecified atom stereocenters. The third kappa shape index (κ3) is 3.28. The van der Waals surface area contributed by atoms with Crippen LogP contribution in [0.5, 0.6) is 0 Å². The molecule has 106 valence electrons. The highest BCUT2D eigenvalue weighted by Crippen LogP contribution is 2.29. The lowest BCUT2D eigenvalue weighted by molar-refractivity contribution is 0.581. The summed E-state index contributed by atoms with van der Waals surface area (Å²) in [6.07, 6.45) is 1.29. The Balaban J connectivity index is 2.47. The molecular formula is C14H22N2O2S. The zero-order chi connectivity index (χ0) is 14.0. The molecule has 0 amide bonds. The predicted molar refractivity (Wildman–Crippen MR) is 78.7 cm³/mol. The smallest absolute Gasteiger partial charge is 0.177 e. The van der Waals surface area contributed by atoms with Gasteiger partial charge in [-0.25, -0.2) is 8.42 Å². The predicted octanol–water partition coefficient (Wildman–Crippen LogP) is 1.62. The van der Waals surface area contributed by atoms with Crippen LogP contribution in [0.2, 0.25) is 0 Å². The molecule has 1 aromatic carbocycles. The molecule has 4 nitrogen and oxygen atoms in total. The number of nitrogens with one attached hydrogen (secondary N) is 1. The van der Waals surface area contributed by atoms with Gasteiger partial charge in [0.2, 0.25) is 0 Å². The zero-order valence-electron chi connectivity index (χ0n) is 11.8. The van der Waals surface area contributed by atoms with Crippen LogP contribution in [0, 0.1) is 0 Å². The Morgan fingerprint density at radius 1 is 1.21 bits per heavy atom. The number of hydrogen-bond donors (Lipinski definition) is 1. The van der Waals surface area contributed by atoms with Crippen molar-refractivity contribution in [2.75, 3.05) is 37.3 Å². The Hall–Kier alpha value is -1.07.